The van der Waals surface area contributed by atoms with E-state index < -0.39 is 0 Å². The van der Waals surface area contributed by atoms with Crippen molar-refractivity contribution >= 4 is 34.9 Å². The minimum Gasteiger partial charge on any atom is -0.488 e. The van der Waals surface area contributed by atoms with Crippen LogP contribution in [0.5, 0.6) is 5.75 Å². The summed E-state index contributed by atoms with van der Waals surface area (Å²) in [6.45, 7) is 0.720. The van der Waals surface area contributed by atoms with Crippen LogP contribution < -0.4 is 10.1 Å². The minimum atomic E-state index is -0.319. The first-order valence-corrected chi connectivity index (χ1v) is 10.2. The maximum absolute atomic E-state index is 12.8. The van der Waals surface area contributed by atoms with E-state index in [-0.39, 0.29) is 12.5 Å². The molecule has 0 unspecified atom stereocenters. The molecule has 0 aliphatic carbocycles. The topological polar surface area (TPSA) is 69.0 Å². The molecule has 0 saturated carbocycles. The van der Waals surface area contributed by atoms with Crippen LogP contribution in [0.4, 0.5) is 5.82 Å². The number of aromatic nitrogens is 3. The van der Waals surface area contributed by atoms with Crippen molar-refractivity contribution in [1.29, 1.82) is 0 Å². The molecule has 0 atom stereocenters. The summed E-state index contributed by atoms with van der Waals surface area (Å²) in [6.07, 6.45) is 3.52. The molecular weight excluding hydrogens is 435 g/mol. The number of rotatable bonds is 7. The van der Waals surface area contributed by atoms with Crippen molar-refractivity contribution in [3.63, 3.8) is 0 Å². The van der Waals surface area contributed by atoms with Crippen LogP contribution in [0.3, 0.4) is 0 Å². The van der Waals surface area contributed by atoms with Crippen LogP contribution in [-0.4, -0.2) is 20.7 Å². The Labute approximate surface area is 189 Å². The van der Waals surface area contributed by atoms with Gasteiger partial charge in [-0.15, -0.1) is 0 Å². The Hall–Kier alpha value is -3.35. The number of halogens is 2. The monoisotopic (exact) mass is 452 g/mol. The van der Waals surface area contributed by atoms with Crippen LogP contribution in [0.1, 0.15) is 21.6 Å². The van der Waals surface area contributed by atoms with E-state index in [0.717, 1.165) is 11.3 Å². The van der Waals surface area contributed by atoms with Crippen LogP contribution in [-0.2, 0) is 13.2 Å². The molecule has 4 rings (SSSR count). The quantitative estimate of drug-likeness (QED) is 0.403. The molecule has 6 nitrogen and oxygen atoms in total. The van der Waals surface area contributed by atoms with E-state index in [9.17, 15) is 4.79 Å². The Morgan fingerprint density at radius 3 is 2.68 bits per heavy atom. The summed E-state index contributed by atoms with van der Waals surface area (Å²) >= 11 is 12.1. The molecule has 0 aliphatic rings. The summed E-state index contributed by atoms with van der Waals surface area (Å²) in [6, 6.07) is 19.6. The molecule has 4 aromatic rings. The Kier molecular flexibility index (Phi) is 6.50. The first-order chi connectivity index (χ1) is 15.1. The Morgan fingerprint density at radius 2 is 1.87 bits per heavy atom. The molecule has 2 heterocycles. The van der Waals surface area contributed by atoms with Gasteiger partial charge in [-0.1, -0.05) is 47.5 Å². The summed E-state index contributed by atoms with van der Waals surface area (Å²) in [5.74, 6) is 0.566. The Morgan fingerprint density at radius 1 is 1.03 bits per heavy atom. The van der Waals surface area contributed by atoms with E-state index in [1.807, 2.05) is 18.2 Å². The van der Waals surface area contributed by atoms with Crippen molar-refractivity contribution in [1.82, 2.24) is 14.8 Å². The molecule has 0 radical (unpaired) electrons. The average molecular weight is 453 g/mol. The van der Waals surface area contributed by atoms with E-state index in [0.29, 0.717) is 33.7 Å². The number of hydrogen-bond acceptors (Lipinski definition) is 4. The van der Waals surface area contributed by atoms with Crippen LogP contribution in [0.2, 0.25) is 10.0 Å². The lowest BCUT2D eigenvalue weighted by Gasteiger charge is -2.12. The third-order valence-electron chi connectivity index (χ3n) is 4.46. The summed E-state index contributed by atoms with van der Waals surface area (Å²) in [4.78, 5) is 17.1. The fraction of sp³-hybridized carbons (Fsp3) is 0.0870. The molecule has 0 spiro atoms. The van der Waals surface area contributed by atoms with E-state index in [1.54, 1.807) is 65.6 Å². The first kappa shape index (κ1) is 20.9. The highest BCUT2D eigenvalue weighted by Gasteiger charge is 2.14. The van der Waals surface area contributed by atoms with Gasteiger partial charge in [0.2, 0.25) is 0 Å². The Balaban J connectivity index is 1.43. The number of hydrogen-bond donors (Lipinski definition) is 1. The molecule has 2 aromatic carbocycles. The number of benzene rings is 2. The SMILES string of the molecule is O=C(Nc1ccn(Cc2ccccn2)n1)c1ccccc1OCc1ccc(Cl)cc1Cl. The zero-order valence-electron chi connectivity index (χ0n) is 16.3. The van der Waals surface area contributed by atoms with Crippen LogP contribution >= 0.6 is 23.2 Å². The lowest BCUT2D eigenvalue weighted by atomic mass is 10.2. The predicted molar refractivity (Wildman–Crippen MR) is 121 cm³/mol. The highest BCUT2D eigenvalue weighted by atomic mass is 35.5. The number of pyridine rings is 1. The molecule has 1 amide bonds. The van der Waals surface area contributed by atoms with Crippen LogP contribution in [0, 0.1) is 0 Å². The standard InChI is InChI=1S/C23H18Cl2N4O2/c24-17-9-8-16(20(25)13-17)15-31-21-7-2-1-6-19(21)23(30)27-22-10-12-29(28-22)14-18-5-3-4-11-26-18/h1-13H,14-15H2,(H,27,28,30). The van der Waals surface area contributed by atoms with Crippen LogP contribution in [0.15, 0.2) is 79.1 Å². The number of nitrogens with zero attached hydrogens (tertiary/aromatic N) is 3. The molecule has 2 aromatic heterocycles. The second-order valence-corrected chi connectivity index (χ2v) is 7.54. The molecule has 0 saturated heterocycles. The predicted octanol–water partition coefficient (Wildman–Crippen LogP) is 5.46. The molecule has 0 fully saturated rings. The second kappa shape index (κ2) is 9.64. The van der Waals surface area contributed by atoms with Crippen molar-refractivity contribution < 1.29 is 9.53 Å². The fourth-order valence-corrected chi connectivity index (χ4v) is 3.40. The van der Waals surface area contributed by atoms with Crippen molar-refractivity contribution in [3.8, 4) is 5.75 Å². The lowest BCUT2D eigenvalue weighted by molar-refractivity contribution is 0.102. The number of ether oxygens (including phenoxy) is 1. The molecule has 0 bridgehead atoms. The summed E-state index contributed by atoms with van der Waals surface area (Å²) in [7, 11) is 0. The van der Waals surface area contributed by atoms with Gasteiger partial charge in [-0.3, -0.25) is 14.5 Å². The summed E-state index contributed by atoms with van der Waals surface area (Å²) < 4.78 is 7.58. The van der Waals surface area contributed by atoms with Gasteiger partial charge in [0.25, 0.3) is 5.91 Å². The van der Waals surface area contributed by atoms with Gasteiger partial charge in [0.15, 0.2) is 5.82 Å². The van der Waals surface area contributed by atoms with Crippen molar-refractivity contribution in [2.75, 3.05) is 5.32 Å². The van der Waals surface area contributed by atoms with Crippen LogP contribution in [0.25, 0.3) is 0 Å². The van der Waals surface area contributed by atoms with E-state index in [4.69, 9.17) is 27.9 Å². The third-order valence-corrected chi connectivity index (χ3v) is 5.05. The fourth-order valence-electron chi connectivity index (χ4n) is 2.93. The number of anilines is 1. The average Bonchev–Trinajstić information content (AvgIpc) is 3.20. The number of carbonyl (C=O) groups excluding carboxylic acids is 1. The van der Waals surface area contributed by atoms with E-state index >= 15 is 0 Å². The van der Waals surface area contributed by atoms with E-state index in [2.05, 4.69) is 15.4 Å². The van der Waals surface area contributed by atoms with Gasteiger partial charge in [-0.25, -0.2) is 0 Å². The van der Waals surface area contributed by atoms with Gasteiger partial charge in [-0.05, 0) is 36.4 Å². The van der Waals surface area contributed by atoms with Crippen molar-refractivity contribution in [3.05, 3.63) is 106 Å². The Bertz CT molecular complexity index is 1200. The van der Waals surface area contributed by atoms with Gasteiger partial charge in [0, 0.05) is 34.1 Å². The van der Waals surface area contributed by atoms with Crippen molar-refractivity contribution in [2.24, 2.45) is 0 Å². The normalized spacial score (nSPS) is 10.6. The van der Waals surface area contributed by atoms with Gasteiger partial charge in [0.1, 0.15) is 12.4 Å². The van der Waals surface area contributed by atoms with E-state index in [1.165, 1.54) is 0 Å². The largest absolute Gasteiger partial charge is 0.488 e. The molecule has 0 aliphatic heterocycles. The minimum absolute atomic E-state index is 0.207. The molecule has 31 heavy (non-hydrogen) atoms. The third kappa shape index (κ3) is 5.42. The molecule has 8 heteroatoms. The highest BCUT2D eigenvalue weighted by Crippen LogP contribution is 2.25. The van der Waals surface area contributed by atoms with Gasteiger partial charge >= 0.3 is 0 Å². The zero-order valence-corrected chi connectivity index (χ0v) is 17.8. The summed E-state index contributed by atoms with van der Waals surface area (Å²) in [5.41, 5.74) is 2.05. The molecule has 156 valence electrons. The highest BCUT2D eigenvalue weighted by molar-refractivity contribution is 6.35. The summed E-state index contributed by atoms with van der Waals surface area (Å²) in [5, 5.41) is 8.25. The lowest BCUT2D eigenvalue weighted by Crippen LogP contribution is -2.14. The maximum atomic E-state index is 12.8. The molecular formula is C23H18Cl2N4O2. The van der Waals surface area contributed by atoms with Crippen molar-refractivity contribution in [2.45, 2.75) is 13.2 Å². The number of amides is 1. The smallest absolute Gasteiger partial charge is 0.260 e. The van der Waals surface area contributed by atoms with Gasteiger partial charge in [-0.2, -0.15) is 5.10 Å². The first-order valence-electron chi connectivity index (χ1n) is 9.49. The van der Waals surface area contributed by atoms with Gasteiger partial charge in [0.05, 0.1) is 17.8 Å². The number of nitrogens with one attached hydrogen (secondary N) is 1. The maximum Gasteiger partial charge on any atom is 0.260 e. The second-order valence-electron chi connectivity index (χ2n) is 6.69. The number of carbonyl (C=O) groups is 1. The zero-order chi connectivity index (χ0) is 21.6. The number of para-hydroxylation sites is 1. The van der Waals surface area contributed by atoms with Gasteiger partial charge < -0.3 is 10.1 Å². The molecule has 1 N–H and O–H groups in total.